The third-order valence-corrected chi connectivity index (χ3v) is 4.99. The third kappa shape index (κ3) is 3.18. The van der Waals surface area contributed by atoms with Gasteiger partial charge >= 0.3 is 11.9 Å². The van der Waals surface area contributed by atoms with Crippen molar-refractivity contribution >= 4 is 11.9 Å². The van der Waals surface area contributed by atoms with Crippen molar-refractivity contribution in [3.8, 4) is 0 Å². The van der Waals surface area contributed by atoms with Gasteiger partial charge < -0.3 is 10.2 Å². The maximum absolute atomic E-state index is 11.4. The minimum Gasteiger partial charge on any atom is -0.478 e. The monoisotopic (exact) mass is 324 g/mol. The van der Waals surface area contributed by atoms with E-state index in [0.717, 1.165) is 36.8 Å². The zero-order valence-corrected chi connectivity index (χ0v) is 13.3. The number of hydrogen-bond acceptors (Lipinski definition) is 2. The molecule has 4 nitrogen and oxygen atoms in total. The van der Waals surface area contributed by atoms with Crippen LogP contribution in [0, 0.1) is 0 Å². The van der Waals surface area contributed by atoms with Crippen molar-refractivity contribution in [1.82, 2.24) is 0 Å². The van der Waals surface area contributed by atoms with Gasteiger partial charge in [0.2, 0.25) is 0 Å². The first-order valence-electron chi connectivity index (χ1n) is 8.22. The molecule has 0 aromatic heterocycles. The molecule has 0 heterocycles. The van der Waals surface area contributed by atoms with E-state index in [-0.39, 0.29) is 11.8 Å². The first kappa shape index (κ1) is 16.2. The maximum atomic E-state index is 11.4. The van der Waals surface area contributed by atoms with Crippen molar-refractivity contribution in [3.05, 3.63) is 70.8 Å². The van der Waals surface area contributed by atoms with Crippen LogP contribution in [0.15, 0.2) is 48.5 Å². The van der Waals surface area contributed by atoms with Crippen molar-refractivity contribution in [2.75, 3.05) is 0 Å². The number of carboxylic acids is 2. The molecule has 0 aliphatic heterocycles. The van der Waals surface area contributed by atoms with Gasteiger partial charge in [-0.15, -0.1) is 0 Å². The Kier molecular flexibility index (Phi) is 4.65. The molecule has 0 radical (unpaired) electrons. The van der Waals surface area contributed by atoms with Crippen LogP contribution < -0.4 is 0 Å². The minimum atomic E-state index is -0.885. The number of carboxylic acid groups (broad SMARTS) is 2. The summed E-state index contributed by atoms with van der Waals surface area (Å²) in [7, 11) is 0. The van der Waals surface area contributed by atoms with Crippen LogP contribution in [0.25, 0.3) is 0 Å². The highest BCUT2D eigenvalue weighted by atomic mass is 16.4. The van der Waals surface area contributed by atoms with Crippen molar-refractivity contribution < 1.29 is 19.8 Å². The fourth-order valence-corrected chi connectivity index (χ4v) is 3.81. The van der Waals surface area contributed by atoms with Gasteiger partial charge in [-0.2, -0.15) is 0 Å². The molecule has 24 heavy (non-hydrogen) atoms. The van der Waals surface area contributed by atoms with Crippen molar-refractivity contribution in [2.45, 2.75) is 37.5 Å². The van der Waals surface area contributed by atoms with Gasteiger partial charge in [0.05, 0.1) is 11.1 Å². The van der Waals surface area contributed by atoms with E-state index in [9.17, 15) is 19.8 Å². The van der Waals surface area contributed by atoms with Gasteiger partial charge in [0.25, 0.3) is 0 Å². The number of aromatic carboxylic acids is 2. The predicted octanol–water partition coefficient (Wildman–Crippen LogP) is 4.52. The van der Waals surface area contributed by atoms with Gasteiger partial charge in [-0.25, -0.2) is 9.59 Å². The van der Waals surface area contributed by atoms with Gasteiger partial charge in [-0.3, -0.25) is 0 Å². The lowest BCUT2D eigenvalue weighted by Crippen LogP contribution is -2.16. The number of benzene rings is 2. The fraction of sp³-hybridized carbons (Fsp3) is 0.300. The number of hydrogen-bond donors (Lipinski definition) is 2. The van der Waals surface area contributed by atoms with Gasteiger partial charge in [-0.05, 0) is 60.8 Å². The molecule has 3 rings (SSSR count). The van der Waals surface area contributed by atoms with Gasteiger partial charge in [0.15, 0.2) is 0 Å². The molecular weight excluding hydrogens is 304 g/mol. The largest absolute Gasteiger partial charge is 0.478 e. The van der Waals surface area contributed by atoms with E-state index in [2.05, 4.69) is 0 Å². The summed E-state index contributed by atoms with van der Waals surface area (Å²) in [5.74, 6) is -1.32. The molecule has 2 aromatic carbocycles. The van der Waals surface area contributed by atoms with Crippen LogP contribution in [-0.4, -0.2) is 22.2 Å². The predicted molar refractivity (Wildman–Crippen MR) is 90.8 cm³/mol. The Morgan fingerprint density at radius 1 is 0.667 bits per heavy atom. The molecule has 1 fully saturated rings. The lowest BCUT2D eigenvalue weighted by atomic mass is 9.74. The van der Waals surface area contributed by atoms with E-state index < -0.39 is 11.9 Å². The Labute approximate surface area is 140 Å². The smallest absolute Gasteiger partial charge is 0.335 e. The van der Waals surface area contributed by atoms with E-state index in [1.807, 2.05) is 24.3 Å². The molecule has 2 aromatic rings. The molecule has 0 unspecified atom stereocenters. The van der Waals surface area contributed by atoms with Crippen LogP contribution in [0.5, 0.6) is 0 Å². The first-order valence-corrected chi connectivity index (χ1v) is 8.22. The Bertz CT molecular complexity index is 692. The topological polar surface area (TPSA) is 74.6 Å². The van der Waals surface area contributed by atoms with Crippen LogP contribution in [0.2, 0.25) is 0 Å². The molecular formula is C20H20O4. The average Bonchev–Trinajstić information content (AvgIpc) is 2.62. The Hall–Kier alpha value is -2.62. The van der Waals surface area contributed by atoms with E-state index >= 15 is 0 Å². The van der Waals surface area contributed by atoms with Gasteiger partial charge in [0, 0.05) is 0 Å². The third-order valence-electron chi connectivity index (χ3n) is 4.99. The summed E-state index contributed by atoms with van der Waals surface area (Å²) in [4.78, 5) is 22.8. The molecule has 0 spiro atoms. The highest BCUT2D eigenvalue weighted by molar-refractivity contribution is 5.90. The Morgan fingerprint density at radius 3 is 1.33 bits per heavy atom. The summed E-state index contributed by atoms with van der Waals surface area (Å²) in [5, 5.41) is 18.7. The second-order valence-electron chi connectivity index (χ2n) is 6.33. The summed E-state index contributed by atoms with van der Waals surface area (Å²) in [5.41, 5.74) is 2.56. The van der Waals surface area contributed by atoms with Crippen LogP contribution in [0.1, 0.15) is 69.4 Å². The Morgan fingerprint density at radius 2 is 1.00 bits per heavy atom. The molecule has 0 bridgehead atoms. The second kappa shape index (κ2) is 6.87. The summed E-state index contributed by atoms with van der Waals surface area (Å²) >= 11 is 0. The molecule has 0 saturated heterocycles. The van der Waals surface area contributed by atoms with Crippen molar-refractivity contribution in [1.29, 1.82) is 0 Å². The molecule has 4 heteroatoms. The highest BCUT2D eigenvalue weighted by Gasteiger charge is 2.28. The van der Waals surface area contributed by atoms with E-state index in [1.165, 1.54) is 0 Å². The standard InChI is InChI=1S/C20H20O4/c21-19(22)17-7-3-1-5-15(17)13-9-11-14(12-10-13)16-6-2-4-8-18(16)20(23)24/h1-8,13-14H,9-12H2,(H,21,22)(H,23,24)/t13-,14-. The maximum Gasteiger partial charge on any atom is 0.335 e. The molecule has 0 amide bonds. The molecule has 1 saturated carbocycles. The van der Waals surface area contributed by atoms with Crippen LogP contribution in [-0.2, 0) is 0 Å². The first-order chi connectivity index (χ1) is 11.6. The molecule has 2 N–H and O–H groups in total. The molecule has 124 valence electrons. The quantitative estimate of drug-likeness (QED) is 0.867. The molecule has 1 aliphatic rings. The van der Waals surface area contributed by atoms with Crippen LogP contribution in [0.3, 0.4) is 0 Å². The summed E-state index contributed by atoms with van der Waals surface area (Å²) in [6.07, 6.45) is 3.51. The average molecular weight is 324 g/mol. The van der Waals surface area contributed by atoms with Gasteiger partial charge in [-0.1, -0.05) is 36.4 Å². The highest BCUT2D eigenvalue weighted by Crippen LogP contribution is 2.42. The van der Waals surface area contributed by atoms with E-state index in [0.29, 0.717) is 11.1 Å². The lowest BCUT2D eigenvalue weighted by Gasteiger charge is -2.30. The summed E-state index contributed by atoms with van der Waals surface area (Å²) < 4.78 is 0. The van der Waals surface area contributed by atoms with E-state index in [1.54, 1.807) is 24.3 Å². The van der Waals surface area contributed by atoms with Crippen molar-refractivity contribution in [3.63, 3.8) is 0 Å². The SMILES string of the molecule is O=C(O)c1ccccc1[C@H]1CC[C@H](c2ccccc2C(=O)O)CC1. The summed E-state index contributed by atoms with van der Waals surface area (Å²) in [6.45, 7) is 0. The lowest BCUT2D eigenvalue weighted by molar-refractivity contribution is 0.0683. The van der Waals surface area contributed by atoms with Crippen LogP contribution in [0.4, 0.5) is 0 Å². The number of carbonyl (C=O) groups is 2. The Balaban J connectivity index is 1.78. The minimum absolute atomic E-state index is 0.227. The fourth-order valence-electron chi connectivity index (χ4n) is 3.81. The van der Waals surface area contributed by atoms with Crippen molar-refractivity contribution in [2.24, 2.45) is 0 Å². The van der Waals surface area contributed by atoms with Gasteiger partial charge in [0.1, 0.15) is 0 Å². The molecule has 1 aliphatic carbocycles. The molecule has 0 atom stereocenters. The second-order valence-corrected chi connectivity index (χ2v) is 6.33. The summed E-state index contributed by atoms with van der Waals surface area (Å²) in [6, 6.07) is 14.4. The zero-order valence-electron chi connectivity index (χ0n) is 13.3. The van der Waals surface area contributed by atoms with Crippen LogP contribution >= 0.6 is 0 Å². The van der Waals surface area contributed by atoms with E-state index in [4.69, 9.17) is 0 Å². The number of rotatable bonds is 4. The normalized spacial score (nSPS) is 20.5. The zero-order chi connectivity index (χ0) is 17.1.